The molecule has 1 unspecified atom stereocenters. The molecule has 0 bridgehead atoms. The number of benzene rings is 1. The molecule has 18 heavy (non-hydrogen) atoms. The van der Waals surface area contributed by atoms with Crippen molar-refractivity contribution in [3.63, 3.8) is 0 Å². The molecule has 1 amide bonds. The molecule has 1 aliphatic rings. The number of ether oxygens (including phenoxy) is 2. The lowest BCUT2D eigenvalue weighted by molar-refractivity contribution is -0.142. The van der Waals surface area contributed by atoms with Gasteiger partial charge in [-0.15, -0.1) is 0 Å². The molecule has 0 saturated carbocycles. The summed E-state index contributed by atoms with van der Waals surface area (Å²) in [5.41, 5.74) is 0.730. The summed E-state index contributed by atoms with van der Waals surface area (Å²) in [5.74, 6) is -0.339. The van der Waals surface area contributed by atoms with Crippen molar-refractivity contribution in [1.82, 2.24) is 0 Å². The lowest BCUT2D eigenvalue weighted by atomic mass is 10.2. The van der Waals surface area contributed by atoms with Gasteiger partial charge in [0.05, 0.1) is 31.1 Å². The van der Waals surface area contributed by atoms with Gasteiger partial charge < -0.3 is 14.8 Å². The van der Waals surface area contributed by atoms with Crippen LogP contribution in [0.15, 0.2) is 18.2 Å². The van der Waals surface area contributed by atoms with Crippen molar-refractivity contribution < 1.29 is 14.3 Å². The lowest BCUT2D eigenvalue weighted by Crippen LogP contribution is -2.39. The Balaban J connectivity index is 2.11. The number of hydrogen-bond donors (Lipinski definition) is 1. The van der Waals surface area contributed by atoms with E-state index in [1.165, 1.54) is 6.07 Å². The Morgan fingerprint density at radius 3 is 3.00 bits per heavy atom. The second-order valence-electron chi connectivity index (χ2n) is 3.73. The summed E-state index contributed by atoms with van der Waals surface area (Å²) in [6, 6.07) is 6.66. The Morgan fingerprint density at radius 1 is 1.50 bits per heavy atom. The molecule has 1 aliphatic heterocycles. The molecule has 94 valence electrons. The molecule has 0 aliphatic carbocycles. The fraction of sp³-hybridized carbons (Fsp3) is 0.333. The van der Waals surface area contributed by atoms with Gasteiger partial charge in [0.15, 0.2) is 6.10 Å². The number of carbonyl (C=O) groups is 1. The van der Waals surface area contributed by atoms with E-state index in [1.807, 2.05) is 6.07 Å². The first kappa shape index (κ1) is 12.8. The van der Waals surface area contributed by atoms with Crippen LogP contribution in [0.1, 0.15) is 5.56 Å². The Labute approximate surface area is 109 Å². The van der Waals surface area contributed by atoms with Crippen molar-refractivity contribution in [3.8, 4) is 6.07 Å². The van der Waals surface area contributed by atoms with Gasteiger partial charge in [-0.25, -0.2) is 0 Å². The van der Waals surface area contributed by atoms with E-state index in [-0.39, 0.29) is 12.5 Å². The monoisotopic (exact) mass is 266 g/mol. The van der Waals surface area contributed by atoms with E-state index >= 15 is 0 Å². The first-order chi connectivity index (χ1) is 8.70. The Morgan fingerprint density at radius 2 is 2.33 bits per heavy atom. The minimum Gasteiger partial charge on any atom is -0.376 e. The van der Waals surface area contributed by atoms with E-state index in [0.29, 0.717) is 29.5 Å². The minimum absolute atomic E-state index is 0.217. The van der Waals surface area contributed by atoms with E-state index in [4.69, 9.17) is 26.3 Å². The zero-order chi connectivity index (χ0) is 13.0. The molecule has 1 aromatic carbocycles. The van der Waals surface area contributed by atoms with Crippen molar-refractivity contribution in [3.05, 3.63) is 28.8 Å². The van der Waals surface area contributed by atoms with Gasteiger partial charge in [-0.05, 0) is 18.2 Å². The number of halogens is 1. The summed E-state index contributed by atoms with van der Waals surface area (Å²) >= 11 is 5.83. The molecule has 6 heteroatoms. The molecule has 0 spiro atoms. The molecule has 1 saturated heterocycles. The van der Waals surface area contributed by atoms with Crippen molar-refractivity contribution >= 4 is 23.2 Å². The topological polar surface area (TPSA) is 71.4 Å². The zero-order valence-electron chi connectivity index (χ0n) is 9.48. The highest BCUT2D eigenvalue weighted by molar-refractivity contribution is 6.31. The molecule has 1 N–H and O–H groups in total. The maximum atomic E-state index is 11.9. The normalized spacial score (nSPS) is 19.0. The molecule has 1 atom stereocenters. The largest absolute Gasteiger partial charge is 0.376 e. The number of amides is 1. The third kappa shape index (κ3) is 2.99. The van der Waals surface area contributed by atoms with Crippen LogP contribution < -0.4 is 5.32 Å². The first-order valence-corrected chi connectivity index (χ1v) is 5.78. The number of rotatable bonds is 2. The van der Waals surface area contributed by atoms with E-state index in [0.717, 1.165) is 0 Å². The zero-order valence-corrected chi connectivity index (χ0v) is 10.2. The molecular weight excluding hydrogens is 256 g/mol. The van der Waals surface area contributed by atoms with E-state index in [2.05, 4.69) is 5.32 Å². The smallest absolute Gasteiger partial charge is 0.255 e. The summed E-state index contributed by atoms with van der Waals surface area (Å²) < 4.78 is 10.4. The van der Waals surface area contributed by atoms with E-state index in [9.17, 15) is 4.79 Å². The van der Waals surface area contributed by atoms with Crippen LogP contribution >= 0.6 is 11.6 Å². The third-order valence-electron chi connectivity index (χ3n) is 2.47. The molecule has 0 radical (unpaired) electrons. The Bertz CT molecular complexity index is 493. The maximum Gasteiger partial charge on any atom is 0.255 e. The number of anilines is 1. The van der Waals surface area contributed by atoms with Gasteiger partial charge in [0.1, 0.15) is 6.07 Å². The van der Waals surface area contributed by atoms with Gasteiger partial charge in [-0.3, -0.25) is 4.79 Å². The predicted molar refractivity (Wildman–Crippen MR) is 65.4 cm³/mol. The molecule has 0 aromatic heterocycles. The molecule has 1 aromatic rings. The molecular formula is C12H11ClN2O3. The summed E-state index contributed by atoms with van der Waals surface area (Å²) in [6.07, 6.45) is -0.649. The maximum absolute atomic E-state index is 11.9. The van der Waals surface area contributed by atoms with Gasteiger partial charge in [0.2, 0.25) is 0 Å². The first-order valence-electron chi connectivity index (χ1n) is 5.40. The van der Waals surface area contributed by atoms with Crippen molar-refractivity contribution in [2.24, 2.45) is 0 Å². The molecule has 1 fully saturated rings. The van der Waals surface area contributed by atoms with Crippen LogP contribution in [0.4, 0.5) is 5.69 Å². The highest BCUT2D eigenvalue weighted by Crippen LogP contribution is 2.20. The van der Waals surface area contributed by atoms with Crippen LogP contribution in [-0.2, 0) is 14.3 Å². The van der Waals surface area contributed by atoms with Gasteiger partial charge in [0, 0.05) is 5.02 Å². The lowest BCUT2D eigenvalue weighted by Gasteiger charge is -2.22. The quantitative estimate of drug-likeness (QED) is 0.882. The van der Waals surface area contributed by atoms with Gasteiger partial charge in [-0.1, -0.05) is 11.6 Å². The molecule has 5 nitrogen and oxygen atoms in total. The number of carbonyl (C=O) groups excluding carboxylic acids is 1. The summed E-state index contributed by atoms with van der Waals surface area (Å²) in [5, 5.41) is 12.0. The molecule has 2 rings (SSSR count). The number of nitriles is 1. The highest BCUT2D eigenvalue weighted by atomic mass is 35.5. The van der Waals surface area contributed by atoms with Crippen LogP contribution in [0, 0.1) is 11.3 Å². The van der Waals surface area contributed by atoms with Gasteiger partial charge in [0.25, 0.3) is 5.91 Å². The minimum atomic E-state index is -0.649. The van der Waals surface area contributed by atoms with Crippen LogP contribution in [0.2, 0.25) is 5.02 Å². The van der Waals surface area contributed by atoms with Crippen LogP contribution in [0.25, 0.3) is 0 Å². The number of nitrogens with one attached hydrogen (secondary N) is 1. The number of hydrogen-bond acceptors (Lipinski definition) is 4. The Hall–Kier alpha value is -1.61. The average molecular weight is 267 g/mol. The van der Waals surface area contributed by atoms with Crippen LogP contribution in [0.5, 0.6) is 0 Å². The van der Waals surface area contributed by atoms with Crippen LogP contribution in [-0.4, -0.2) is 31.8 Å². The summed E-state index contributed by atoms with van der Waals surface area (Å²) in [7, 11) is 0. The molecule has 1 heterocycles. The SMILES string of the molecule is N#Cc1ccc(Cl)cc1NC(=O)C1COCCO1. The average Bonchev–Trinajstić information content (AvgIpc) is 2.40. The Kier molecular flexibility index (Phi) is 4.15. The second-order valence-corrected chi connectivity index (χ2v) is 4.16. The number of nitrogens with zero attached hydrogens (tertiary/aromatic N) is 1. The van der Waals surface area contributed by atoms with E-state index in [1.54, 1.807) is 12.1 Å². The standard InChI is InChI=1S/C12H11ClN2O3/c13-9-2-1-8(6-14)10(5-9)15-12(16)11-7-17-3-4-18-11/h1-2,5,11H,3-4,7H2,(H,15,16). The van der Waals surface area contributed by atoms with Crippen molar-refractivity contribution in [2.75, 3.05) is 25.1 Å². The fourth-order valence-electron chi connectivity index (χ4n) is 1.57. The third-order valence-corrected chi connectivity index (χ3v) is 2.70. The predicted octanol–water partition coefficient (Wildman–Crippen LogP) is 1.57. The van der Waals surface area contributed by atoms with Gasteiger partial charge >= 0.3 is 0 Å². The van der Waals surface area contributed by atoms with Crippen molar-refractivity contribution in [1.29, 1.82) is 5.26 Å². The van der Waals surface area contributed by atoms with E-state index < -0.39 is 6.10 Å². The fourth-order valence-corrected chi connectivity index (χ4v) is 1.74. The van der Waals surface area contributed by atoms with Gasteiger partial charge in [-0.2, -0.15) is 5.26 Å². The van der Waals surface area contributed by atoms with Crippen LogP contribution in [0.3, 0.4) is 0 Å². The second kappa shape index (κ2) is 5.83. The highest BCUT2D eigenvalue weighted by Gasteiger charge is 2.23. The summed E-state index contributed by atoms with van der Waals surface area (Å²) in [6.45, 7) is 1.09. The van der Waals surface area contributed by atoms with Crippen molar-refractivity contribution in [2.45, 2.75) is 6.10 Å². The summed E-state index contributed by atoms with van der Waals surface area (Å²) in [4.78, 5) is 11.9.